The third kappa shape index (κ3) is 3.58. The molecule has 0 aliphatic carbocycles. The average molecular weight is 649 g/mol. The summed E-state index contributed by atoms with van der Waals surface area (Å²) >= 11 is 0. The number of aromatic nitrogens is 10. The summed E-state index contributed by atoms with van der Waals surface area (Å²) in [7, 11) is 0. The number of rotatable bonds is 4. The molecule has 0 bridgehead atoms. The van der Waals surface area contributed by atoms with E-state index in [1.54, 1.807) is 18.6 Å². The molecule has 11 rings (SSSR count). The van der Waals surface area contributed by atoms with Crippen LogP contribution in [0.3, 0.4) is 0 Å². The van der Waals surface area contributed by atoms with Crippen molar-refractivity contribution in [1.82, 2.24) is 49.1 Å². The van der Waals surface area contributed by atoms with E-state index in [1.807, 2.05) is 48.5 Å². The molecule has 0 radical (unpaired) electrons. The molecule has 0 aliphatic heterocycles. The van der Waals surface area contributed by atoms with Gasteiger partial charge in [-0.2, -0.15) is 0 Å². The second-order valence-corrected chi connectivity index (χ2v) is 11.8. The summed E-state index contributed by atoms with van der Waals surface area (Å²) in [5.74, 6) is 0.347. The molecule has 0 fully saturated rings. The first-order chi connectivity index (χ1) is 24.8. The van der Waals surface area contributed by atoms with Gasteiger partial charge in [-0.3, -0.25) is 13.8 Å². The normalized spacial score (nSPS) is 12.0. The molecule has 7 aromatic heterocycles. The van der Waals surface area contributed by atoms with E-state index >= 15 is 0 Å². The Morgan fingerprint density at radius 1 is 0.560 bits per heavy atom. The van der Waals surface area contributed by atoms with Crippen LogP contribution < -0.4 is 5.48 Å². The van der Waals surface area contributed by atoms with E-state index in [0.29, 0.717) is 22.3 Å². The maximum Gasteiger partial charge on any atom is 0.256 e. The topological polar surface area (TPSA) is 138 Å². The Morgan fingerprint density at radius 3 is 1.96 bits per heavy atom. The van der Waals surface area contributed by atoms with Gasteiger partial charge in [-0.1, -0.05) is 91.0 Å². The zero-order chi connectivity index (χ0) is 32.8. The van der Waals surface area contributed by atoms with Gasteiger partial charge in [-0.15, -0.1) is 20.4 Å². The average Bonchev–Trinajstić information content (AvgIpc) is 4.00. The van der Waals surface area contributed by atoms with Crippen LogP contribution >= 0.6 is 0 Å². The number of para-hydroxylation sites is 1. The highest BCUT2D eigenvalue weighted by molar-refractivity contribution is 6.25. The maximum absolute atomic E-state index is 5.92. The van der Waals surface area contributed by atoms with Crippen molar-refractivity contribution < 1.29 is 8.83 Å². The molecule has 234 valence electrons. The minimum atomic E-state index is 0.173. The van der Waals surface area contributed by atoms with Crippen molar-refractivity contribution in [3.05, 3.63) is 140 Å². The Hall–Kier alpha value is -7.34. The Bertz CT molecular complexity index is 3100. The first-order valence-corrected chi connectivity index (χ1v) is 15.8. The van der Waals surface area contributed by atoms with Crippen molar-refractivity contribution in [3.63, 3.8) is 0 Å². The molecule has 0 aliphatic rings. The van der Waals surface area contributed by atoms with Crippen LogP contribution in [0.2, 0.25) is 0 Å². The standard InChI is InChI=1S/C38H20N10O2/c1-3-8-21(9-4-1)23-14-15-25-24-12-7-13-26-30-34(41-18-27(44-30)22-10-5-2-6-11-22)47(32(24)26)38(29(36-45-42-19-49-36)37-46-43-20-50-37)48-33(25)28(23)31-35(48)40-17-16-39-31/h1-20H. The predicted octanol–water partition coefficient (Wildman–Crippen LogP) is 6.45. The van der Waals surface area contributed by atoms with E-state index in [1.165, 1.54) is 12.8 Å². The van der Waals surface area contributed by atoms with Crippen LogP contribution in [-0.2, 0) is 0 Å². The highest BCUT2D eigenvalue weighted by Crippen LogP contribution is 2.41. The second kappa shape index (κ2) is 10.1. The van der Waals surface area contributed by atoms with Crippen molar-refractivity contribution in [3.8, 4) is 22.4 Å². The maximum atomic E-state index is 5.92. The van der Waals surface area contributed by atoms with Crippen LogP contribution in [0, 0.1) is 0 Å². The zero-order valence-electron chi connectivity index (χ0n) is 25.8. The number of hydrogen-bond donors (Lipinski definition) is 0. The molecule has 0 amide bonds. The molecule has 7 heterocycles. The lowest BCUT2D eigenvalue weighted by atomic mass is 9.98. The van der Waals surface area contributed by atoms with Crippen LogP contribution in [-0.4, -0.2) is 49.1 Å². The van der Waals surface area contributed by atoms with Crippen molar-refractivity contribution in [2.24, 2.45) is 0 Å². The lowest BCUT2D eigenvalue weighted by Crippen LogP contribution is -2.25. The molecule has 0 saturated heterocycles. The van der Waals surface area contributed by atoms with E-state index in [9.17, 15) is 0 Å². The molecule has 11 aromatic rings. The van der Waals surface area contributed by atoms with Crippen molar-refractivity contribution >= 4 is 60.5 Å². The zero-order valence-corrected chi connectivity index (χ0v) is 25.8. The van der Waals surface area contributed by atoms with Gasteiger partial charge < -0.3 is 8.83 Å². The summed E-state index contributed by atoms with van der Waals surface area (Å²) in [6, 6.07) is 30.9. The highest BCUT2D eigenvalue weighted by atomic mass is 16.4. The third-order valence-electron chi connectivity index (χ3n) is 9.25. The minimum Gasteiger partial charge on any atom is -0.423 e. The molecule has 50 heavy (non-hydrogen) atoms. The molecule has 12 nitrogen and oxygen atoms in total. The molecule has 12 heteroatoms. The first-order valence-electron chi connectivity index (χ1n) is 15.8. The summed E-state index contributed by atoms with van der Waals surface area (Å²) in [5.41, 5.74) is 9.16. The number of hydrogen-bond acceptors (Lipinski definition) is 10. The van der Waals surface area contributed by atoms with Crippen molar-refractivity contribution in [2.75, 3.05) is 0 Å². The van der Waals surface area contributed by atoms with Crippen LogP contribution in [0.25, 0.3) is 82.9 Å². The summed E-state index contributed by atoms with van der Waals surface area (Å²) in [5, 5.41) is 20.6. The molecule has 0 spiro atoms. The predicted molar refractivity (Wildman–Crippen MR) is 186 cm³/mol. The smallest absolute Gasteiger partial charge is 0.256 e. The number of benzene rings is 4. The van der Waals surface area contributed by atoms with E-state index in [0.717, 1.165) is 66.0 Å². The SMILES string of the molecule is c1ccc(-c2cnc3c(n2)c2cccc4c5ccc(-c6ccccc6)c6c7nccnc7n(c(=C(c7nnco7)c7nnco7)n3c42)c56)cc1. The second-order valence-electron chi connectivity index (χ2n) is 11.8. The molecule has 0 saturated carbocycles. The summed E-state index contributed by atoms with van der Waals surface area (Å²) in [6.07, 6.45) is 7.75. The van der Waals surface area contributed by atoms with Crippen molar-refractivity contribution in [2.45, 2.75) is 0 Å². The number of fused-ring (bicyclic) bond motifs is 7. The van der Waals surface area contributed by atoms with Gasteiger partial charge >= 0.3 is 0 Å². The molecular formula is C38H20N10O2. The van der Waals surface area contributed by atoms with E-state index in [4.69, 9.17) is 28.8 Å². The Kier molecular flexibility index (Phi) is 5.38. The van der Waals surface area contributed by atoms with Gasteiger partial charge in [0.05, 0.1) is 22.9 Å². The minimum absolute atomic E-state index is 0.173. The van der Waals surface area contributed by atoms with Crippen LogP contribution in [0.1, 0.15) is 11.8 Å². The van der Waals surface area contributed by atoms with Gasteiger partial charge in [0.2, 0.25) is 12.8 Å². The van der Waals surface area contributed by atoms with Gasteiger partial charge in [-0.25, -0.2) is 15.0 Å². The molecule has 0 N–H and O–H groups in total. The van der Waals surface area contributed by atoms with Crippen molar-refractivity contribution in [1.29, 1.82) is 0 Å². The summed E-state index contributed by atoms with van der Waals surface area (Å²) in [4.78, 5) is 20.2. The fraction of sp³-hybridized carbons (Fsp3) is 0. The third-order valence-corrected chi connectivity index (χ3v) is 9.25. The molecule has 0 unspecified atom stereocenters. The fourth-order valence-electron chi connectivity index (χ4n) is 7.27. The molecule has 0 atom stereocenters. The van der Waals surface area contributed by atoms with Gasteiger partial charge in [0.1, 0.15) is 22.1 Å². The lowest BCUT2D eigenvalue weighted by molar-refractivity contribution is 0.512. The Balaban J connectivity index is 1.50. The van der Waals surface area contributed by atoms with Gasteiger partial charge in [-0.05, 0) is 11.1 Å². The number of nitrogens with zero attached hydrogens (tertiary/aromatic N) is 10. The molecular weight excluding hydrogens is 628 g/mol. The summed E-state index contributed by atoms with van der Waals surface area (Å²) < 4.78 is 16.0. The van der Waals surface area contributed by atoms with Crippen LogP contribution in [0.4, 0.5) is 0 Å². The Morgan fingerprint density at radius 2 is 1.22 bits per heavy atom. The van der Waals surface area contributed by atoms with E-state index in [-0.39, 0.29) is 11.8 Å². The van der Waals surface area contributed by atoms with Gasteiger partial charge in [0.25, 0.3) is 11.8 Å². The lowest BCUT2D eigenvalue weighted by Gasteiger charge is -2.07. The van der Waals surface area contributed by atoms with E-state index < -0.39 is 0 Å². The Labute approximate surface area is 280 Å². The monoisotopic (exact) mass is 648 g/mol. The van der Waals surface area contributed by atoms with Crippen LogP contribution in [0.5, 0.6) is 0 Å². The van der Waals surface area contributed by atoms with Gasteiger partial charge in [0.15, 0.2) is 11.3 Å². The first kappa shape index (κ1) is 26.7. The quantitative estimate of drug-likeness (QED) is 0.209. The van der Waals surface area contributed by atoms with Gasteiger partial charge in [0, 0.05) is 39.5 Å². The molecule has 4 aromatic carbocycles. The highest BCUT2D eigenvalue weighted by Gasteiger charge is 2.28. The fourth-order valence-corrected chi connectivity index (χ4v) is 7.27. The summed E-state index contributed by atoms with van der Waals surface area (Å²) in [6.45, 7) is 0. The van der Waals surface area contributed by atoms with Crippen LogP contribution in [0.15, 0.2) is 131 Å². The largest absolute Gasteiger partial charge is 0.423 e. The van der Waals surface area contributed by atoms with E-state index in [2.05, 4.69) is 71.7 Å².